The molecule has 0 fully saturated rings. The van der Waals surface area contributed by atoms with E-state index in [4.69, 9.17) is 0 Å². The molecule has 2 N–H and O–H groups in total. The molecule has 2 heteroatoms. The SMILES string of the molecule is CCCCCCCCNCC(O)C(CC)CC. The number of hydrogen-bond donors (Lipinski definition) is 2. The Labute approximate surface area is 108 Å². The minimum atomic E-state index is -0.162. The third-order valence-corrected chi connectivity index (χ3v) is 3.65. The molecule has 0 bridgehead atoms. The summed E-state index contributed by atoms with van der Waals surface area (Å²) < 4.78 is 0. The van der Waals surface area contributed by atoms with Gasteiger partial charge in [0.15, 0.2) is 0 Å². The average Bonchev–Trinajstić information content (AvgIpc) is 2.34. The average molecular weight is 243 g/mol. The highest BCUT2D eigenvalue weighted by molar-refractivity contribution is 4.68. The lowest BCUT2D eigenvalue weighted by atomic mass is 9.96. The molecule has 0 spiro atoms. The second kappa shape index (κ2) is 12.4. The molecular formula is C15H33NO. The molecule has 0 aliphatic heterocycles. The number of rotatable bonds is 12. The molecule has 0 saturated carbocycles. The molecule has 2 nitrogen and oxygen atoms in total. The lowest BCUT2D eigenvalue weighted by Gasteiger charge is -2.20. The lowest BCUT2D eigenvalue weighted by molar-refractivity contribution is 0.101. The number of nitrogens with one attached hydrogen (secondary N) is 1. The Kier molecular flexibility index (Phi) is 12.3. The fourth-order valence-electron chi connectivity index (χ4n) is 2.28. The number of aliphatic hydroxyl groups is 1. The number of unbranched alkanes of at least 4 members (excludes halogenated alkanes) is 5. The van der Waals surface area contributed by atoms with E-state index in [1.165, 1.54) is 38.5 Å². The zero-order valence-electron chi connectivity index (χ0n) is 12.2. The Bertz CT molecular complexity index is 146. The molecule has 0 saturated heterocycles. The van der Waals surface area contributed by atoms with Gasteiger partial charge in [-0.1, -0.05) is 65.7 Å². The van der Waals surface area contributed by atoms with Crippen LogP contribution < -0.4 is 5.32 Å². The van der Waals surface area contributed by atoms with Gasteiger partial charge in [0.25, 0.3) is 0 Å². The van der Waals surface area contributed by atoms with Crippen molar-refractivity contribution in [1.82, 2.24) is 5.32 Å². The van der Waals surface area contributed by atoms with Crippen LogP contribution in [0.2, 0.25) is 0 Å². The van der Waals surface area contributed by atoms with Crippen LogP contribution in [0.1, 0.15) is 72.1 Å². The molecule has 0 aliphatic rings. The quantitative estimate of drug-likeness (QED) is 0.512. The van der Waals surface area contributed by atoms with Crippen molar-refractivity contribution in [3.8, 4) is 0 Å². The highest BCUT2D eigenvalue weighted by Gasteiger charge is 2.14. The van der Waals surface area contributed by atoms with Gasteiger partial charge in [-0.15, -0.1) is 0 Å². The maximum Gasteiger partial charge on any atom is 0.0692 e. The van der Waals surface area contributed by atoms with Gasteiger partial charge in [-0.2, -0.15) is 0 Å². The van der Waals surface area contributed by atoms with E-state index in [1.807, 2.05) is 0 Å². The van der Waals surface area contributed by atoms with Gasteiger partial charge in [0.1, 0.15) is 0 Å². The van der Waals surface area contributed by atoms with E-state index in [0.29, 0.717) is 5.92 Å². The monoisotopic (exact) mass is 243 g/mol. The van der Waals surface area contributed by atoms with E-state index in [2.05, 4.69) is 26.1 Å². The van der Waals surface area contributed by atoms with E-state index in [0.717, 1.165) is 25.9 Å². The predicted octanol–water partition coefficient (Wildman–Crippen LogP) is 3.73. The standard InChI is InChI=1S/C15H33NO/c1-4-7-8-9-10-11-12-16-13-15(17)14(5-2)6-3/h14-17H,4-13H2,1-3H3. The molecule has 0 amide bonds. The highest BCUT2D eigenvalue weighted by Crippen LogP contribution is 2.12. The topological polar surface area (TPSA) is 32.3 Å². The van der Waals surface area contributed by atoms with Crippen LogP contribution in [0.15, 0.2) is 0 Å². The molecule has 1 unspecified atom stereocenters. The van der Waals surface area contributed by atoms with Gasteiger partial charge >= 0.3 is 0 Å². The minimum Gasteiger partial charge on any atom is -0.392 e. The molecule has 0 rings (SSSR count). The molecule has 17 heavy (non-hydrogen) atoms. The first kappa shape index (κ1) is 16.9. The molecule has 1 atom stereocenters. The minimum absolute atomic E-state index is 0.162. The smallest absolute Gasteiger partial charge is 0.0692 e. The summed E-state index contributed by atoms with van der Waals surface area (Å²) in [7, 11) is 0. The molecule has 0 radical (unpaired) electrons. The number of aliphatic hydroxyl groups excluding tert-OH is 1. The first-order chi connectivity index (χ1) is 8.26. The van der Waals surface area contributed by atoms with Gasteiger partial charge in [0.2, 0.25) is 0 Å². The van der Waals surface area contributed by atoms with Gasteiger partial charge in [-0.05, 0) is 18.9 Å². The molecule has 0 heterocycles. The van der Waals surface area contributed by atoms with E-state index >= 15 is 0 Å². The second-order valence-corrected chi connectivity index (χ2v) is 5.12. The largest absolute Gasteiger partial charge is 0.392 e. The fourth-order valence-corrected chi connectivity index (χ4v) is 2.28. The summed E-state index contributed by atoms with van der Waals surface area (Å²) in [5.41, 5.74) is 0. The predicted molar refractivity (Wildman–Crippen MR) is 76.3 cm³/mol. The summed E-state index contributed by atoms with van der Waals surface area (Å²) in [4.78, 5) is 0. The number of hydrogen-bond acceptors (Lipinski definition) is 2. The first-order valence-electron chi connectivity index (χ1n) is 7.64. The highest BCUT2D eigenvalue weighted by atomic mass is 16.3. The zero-order chi connectivity index (χ0) is 12.9. The Hall–Kier alpha value is -0.0800. The maximum absolute atomic E-state index is 9.92. The summed E-state index contributed by atoms with van der Waals surface area (Å²) in [6, 6.07) is 0. The van der Waals surface area contributed by atoms with Crippen molar-refractivity contribution < 1.29 is 5.11 Å². The van der Waals surface area contributed by atoms with Crippen molar-refractivity contribution in [2.75, 3.05) is 13.1 Å². The second-order valence-electron chi connectivity index (χ2n) is 5.12. The van der Waals surface area contributed by atoms with Crippen molar-refractivity contribution in [2.45, 2.75) is 78.2 Å². The molecule has 0 aromatic rings. The summed E-state index contributed by atoms with van der Waals surface area (Å²) >= 11 is 0. The van der Waals surface area contributed by atoms with Crippen molar-refractivity contribution in [3.05, 3.63) is 0 Å². The van der Waals surface area contributed by atoms with Gasteiger partial charge < -0.3 is 10.4 Å². The van der Waals surface area contributed by atoms with Gasteiger partial charge in [0.05, 0.1) is 6.10 Å². The lowest BCUT2D eigenvalue weighted by Crippen LogP contribution is -2.33. The van der Waals surface area contributed by atoms with Crippen LogP contribution in [0, 0.1) is 5.92 Å². The molecule has 0 aromatic heterocycles. The Morgan fingerprint density at radius 1 is 0.882 bits per heavy atom. The summed E-state index contributed by atoms with van der Waals surface area (Å²) in [5.74, 6) is 0.465. The van der Waals surface area contributed by atoms with Crippen LogP contribution >= 0.6 is 0 Å². The third kappa shape index (κ3) is 9.61. The Morgan fingerprint density at radius 3 is 2.06 bits per heavy atom. The van der Waals surface area contributed by atoms with Gasteiger partial charge in [0, 0.05) is 6.54 Å². The molecule has 0 aromatic carbocycles. The van der Waals surface area contributed by atoms with Gasteiger partial charge in [-0.3, -0.25) is 0 Å². The summed E-state index contributed by atoms with van der Waals surface area (Å²) in [6.07, 6.45) is 10.0. The van der Waals surface area contributed by atoms with Crippen molar-refractivity contribution in [3.63, 3.8) is 0 Å². The van der Waals surface area contributed by atoms with Gasteiger partial charge in [-0.25, -0.2) is 0 Å². The molecular weight excluding hydrogens is 210 g/mol. The van der Waals surface area contributed by atoms with E-state index in [1.54, 1.807) is 0 Å². The summed E-state index contributed by atoms with van der Waals surface area (Å²) in [5, 5.41) is 13.3. The van der Waals surface area contributed by atoms with E-state index in [9.17, 15) is 5.11 Å². The zero-order valence-corrected chi connectivity index (χ0v) is 12.2. The van der Waals surface area contributed by atoms with Crippen LogP contribution in [0.3, 0.4) is 0 Å². The van der Waals surface area contributed by atoms with Crippen molar-refractivity contribution in [2.24, 2.45) is 5.92 Å². The van der Waals surface area contributed by atoms with Crippen LogP contribution in [0.5, 0.6) is 0 Å². The van der Waals surface area contributed by atoms with Crippen LogP contribution in [-0.4, -0.2) is 24.3 Å². The van der Waals surface area contributed by atoms with E-state index in [-0.39, 0.29) is 6.10 Å². The Morgan fingerprint density at radius 2 is 1.47 bits per heavy atom. The third-order valence-electron chi connectivity index (χ3n) is 3.65. The van der Waals surface area contributed by atoms with Crippen LogP contribution in [0.25, 0.3) is 0 Å². The fraction of sp³-hybridized carbons (Fsp3) is 1.00. The molecule has 104 valence electrons. The first-order valence-corrected chi connectivity index (χ1v) is 7.64. The molecule has 0 aliphatic carbocycles. The van der Waals surface area contributed by atoms with Crippen molar-refractivity contribution in [1.29, 1.82) is 0 Å². The van der Waals surface area contributed by atoms with Crippen LogP contribution in [0.4, 0.5) is 0 Å². The summed E-state index contributed by atoms with van der Waals surface area (Å²) in [6.45, 7) is 8.39. The van der Waals surface area contributed by atoms with E-state index < -0.39 is 0 Å². The van der Waals surface area contributed by atoms with Crippen LogP contribution in [-0.2, 0) is 0 Å². The van der Waals surface area contributed by atoms with Crippen molar-refractivity contribution >= 4 is 0 Å². The maximum atomic E-state index is 9.92. The Balaban J connectivity index is 3.27. The normalized spacial score (nSPS) is 13.2.